The van der Waals surface area contributed by atoms with Crippen LogP contribution in [0.2, 0.25) is 5.02 Å². The maximum Gasteiger partial charge on any atom is 0.258 e. The fourth-order valence-corrected chi connectivity index (χ4v) is 3.05. The van der Waals surface area contributed by atoms with Gasteiger partial charge in [0, 0.05) is 28.8 Å². The molecule has 0 unspecified atom stereocenters. The zero-order valence-corrected chi connectivity index (χ0v) is 16.5. The lowest BCUT2D eigenvalue weighted by molar-refractivity contribution is 0.102. The molecular weight excluding hydrogens is 360 g/mol. The second-order valence-corrected chi connectivity index (χ2v) is 7.02. The third-order valence-electron chi connectivity index (χ3n) is 4.26. The third kappa shape index (κ3) is 4.44. The molecule has 3 aromatic rings. The Bertz CT molecular complexity index is 977. The van der Waals surface area contributed by atoms with Crippen LogP contribution in [-0.4, -0.2) is 15.9 Å². The van der Waals surface area contributed by atoms with E-state index in [1.165, 1.54) is 18.0 Å². The molecule has 0 bridgehead atoms. The largest absolute Gasteiger partial charge is 0.324 e. The summed E-state index contributed by atoms with van der Waals surface area (Å²) in [5.74, 6) is 0.157. The van der Waals surface area contributed by atoms with Gasteiger partial charge in [0.2, 0.25) is 5.95 Å². The highest BCUT2D eigenvalue weighted by atomic mass is 35.5. The summed E-state index contributed by atoms with van der Waals surface area (Å²) in [6.07, 6.45) is 3.00. The molecule has 0 aliphatic carbocycles. The number of halogens is 1. The van der Waals surface area contributed by atoms with Gasteiger partial charge >= 0.3 is 0 Å². The lowest BCUT2D eigenvalue weighted by atomic mass is 10.1. The molecule has 1 aromatic heterocycles. The lowest BCUT2D eigenvalue weighted by Crippen LogP contribution is -2.13. The van der Waals surface area contributed by atoms with Crippen molar-refractivity contribution in [3.63, 3.8) is 0 Å². The molecule has 0 saturated heterocycles. The molecular formula is C21H21ClN4O. The van der Waals surface area contributed by atoms with Crippen LogP contribution in [0.4, 0.5) is 17.3 Å². The number of nitrogens with zero attached hydrogens (tertiary/aromatic N) is 2. The molecule has 0 atom stereocenters. The molecule has 0 aliphatic rings. The van der Waals surface area contributed by atoms with Gasteiger partial charge in [0.1, 0.15) is 0 Å². The summed E-state index contributed by atoms with van der Waals surface area (Å²) in [7, 11) is 0. The van der Waals surface area contributed by atoms with Crippen molar-refractivity contribution in [2.75, 3.05) is 10.6 Å². The van der Waals surface area contributed by atoms with E-state index in [0.717, 1.165) is 22.4 Å². The minimum atomic E-state index is -0.288. The molecule has 0 radical (unpaired) electrons. The summed E-state index contributed by atoms with van der Waals surface area (Å²) in [6.45, 7) is 8.05. The maximum absolute atomic E-state index is 12.4. The summed E-state index contributed by atoms with van der Waals surface area (Å²) in [5.41, 5.74) is 6.38. The number of aromatic nitrogens is 2. The molecule has 5 nitrogen and oxygen atoms in total. The normalized spacial score (nSPS) is 10.6. The van der Waals surface area contributed by atoms with Crippen molar-refractivity contribution in [3.8, 4) is 0 Å². The first-order valence-electron chi connectivity index (χ1n) is 8.58. The molecule has 138 valence electrons. The summed E-state index contributed by atoms with van der Waals surface area (Å²) < 4.78 is 0. The molecule has 1 amide bonds. The number of amides is 1. The minimum Gasteiger partial charge on any atom is -0.324 e. The fraction of sp³-hybridized carbons (Fsp3) is 0.190. The molecule has 2 aromatic carbocycles. The Balaban J connectivity index is 1.73. The number of aryl methyl sites for hydroxylation is 4. The molecule has 0 spiro atoms. The fourth-order valence-electron chi connectivity index (χ4n) is 2.87. The second-order valence-electron chi connectivity index (χ2n) is 6.61. The minimum absolute atomic E-state index is 0.288. The van der Waals surface area contributed by atoms with Gasteiger partial charge in [-0.25, -0.2) is 9.97 Å². The van der Waals surface area contributed by atoms with E-state index in [4.69, 9.17) is 11.6 Å². The first-order valence-corrected chi connectivity index (χ1v) is 8.95. The second kappa shape index (κ2) is 7.76. The number of carbonyl (C=O) groups is 1. The van der Waals surface area contributed by atoms with Crippen LogP contribution in [0.15, 0.2) is 42.7 Å². The zero-order valence-electron chi connectivity index (χ0n) is 15.7. The topological polar surface area (TPSA) is 66.9 Å². The van der Waals surface area contributed by atoms with Gasteiger partial charge in [-0.1, -0.05) is 35.4 Å². The van der Waals surface area contributed by atoms with Crippen LogP contribution in [0.1, 0.15) is 32.6 Å². The van der Waals surface area contributed by atoms with Gasteiger partial charge in [0.05, 0.1) is 5.56 Å². The van der Waals surface area contributed by atoms with Crippen molar-refractivity contribution < 1.29 is 4.79 Å². The van der Waals surface area contributed by atoms with E-state index < -0.39 is 0 Å². The van der Waals surface area contributed by atoms with E-state index >= 15 is 0 Å². The summed E-state index contributed by atoms with van der Waals surface area (Å²) in [5, 5.41) is 6.63. The van der Waals surface area contributed by atoms with Crippen LogP contribution < -0.4 is 10.6 Å². The van der Waals surface area contributed by atoms with Gasteiger partial charge in [0.25, 0.3) is 5.91 Å². The Morgan fingerprint density at radius 2 is 1.56 bits per heavy atom. The molecule has 1 heterocycles. The first kappa shape index (κ1) is 18.9. The first-order chi connectivity index (χ1) is 12.8. The summed E-state index contributed by atoms with van der Waals surface area (Å²) in [6, 6.07) is 9.58. The highest BCUT2D eigenvalue weighted by molar-refractivity contribution is 6.31. The Morgan fingerprint density at radius 3 is 2.15 bits per heavy atom. The van der Waals surface area contributed by atoms with Gasteiger partial charge < -0.3 is 10.6 Å². The van der Waals surface area contributed by atoms with Crippen LogP contribution in [0, 0.1) is 27.7 Å². The average molecular weight is 381 g/mol. The van der Waals surface area contributed by atoms with E-state index in [-0.39, 0.29) is 5.91 Å². The number of carbonyl (C=O) groups excluding carboxylic acids is 1. The van der Waals surface area contributed by atoms with Gasteiger partial charge in [-0.05, 0) is 56.5 Å². The summed E-state index contributed by atoms with van der Waals surface area (Å²) in [4.78, 5) is 20.9. The van der Waals surface area contributed by atoms with Crippen molar-refractivity contribution in [1.82, 2.24) is 9.97 Å². The number of nitrogens with one attached hydrogen (secondary N) is 2. The van der Waals surface area contributed by atoms with E-state index in [1.807, 2.05) is 26.8 Å². The van der Waals surface area contributed by atoms with Crippen molar-refractivity contribution >= 4 is 34.8 Å². The smallest absolute Gasteiger partial charge is 0.258 e. The van der Waals surface area contributed by atoms with Gasteiger partial charge in [0.15, 0.2) is 0 Å². The number of rotatable bonds is 4. The van der Waals surface area contributed by atoms with Gasteiger partial charge in [-0.3, -0.25) is 4.79 Å². The molecule has 3 rings (SSSR count). The summed E-state index contributed by atoms with van der Waals surface area (Å²) >= 11 is 6.09. The Labute approximate surface area is 163 Å². The van der Waals surface area contributed by atoms with Gasteiger partial charge in [-0.15, -0.1) is 0 Å². The van der Waals surface area contributed by atoms with Gasteiger partial charge in [-0.2, -0.15) is 0 Å². The van der Waals surface area contributed by atoms with Crippen LogP contribution in [0.5, 0.6) is 0 Å². The van der Waals surface area contributed by atoms with Crippen LogP contribution in [0.3, 0.4) is 0 Å². The van der Waals surface area contributed by atoms with Crippen molar-refractivity contribution in [2.24, 2.45) is 0 Å². The van der Waals surface area contributed by atoms with Crippen LogP contribution >= 0.6 is 11.6 Å². The van der Waals surface area contributed by atoms with E-state index in [9.17, 15) is 4.79 Å². The maximum atomic E-state index is 12.4. The molecule has 2 N–H and O–H groups in total. The highest BCUT2D eigenvalue weighted by Crippen LogP contribution is 2.24. The standard InChI is InChI=1S/C21H21ClN4O/c1-12-7-14(3)19(15(4)8-12)26-21-23-10-16(11-24-21)20(27)25-17-6-5-13(2)18(22)9-17/h5-11H,1-4H3,(H,25,27)(H,23,24,26). The monoisotopic (exact) mass is 380 g/mol. The quantitative estimate of drug-likeness (QED) is 0.639. The highest BCUT2D eigenvalue weighted by Gasteiger charge is 2.10. The zero-order chi connectivity index (χ0) is 19.6. The average Bonchev–Trinajstić information content (AvgIpc) is 2.61. The Hall–Kier alpha value is -2.92. The molecule has 6 heteroatoms. The number of hydrogen-bond acceptors (Lipinski definition) is 4. The predicted molar refractivity (Wildman–Crippen MR) is 110 cm³/mol. The van der Waals surface area contributed by atoms with Crippen molar-refractivity contribution in [1.29, 1.82) is 0 Å². The molecule has 0 fully saturated rings. The number of hydrogen-bond donors (Lipinski definition) is 2. The van der Waals surface area contributed by atoms with E-state index in [1.54, 1.807) is 12.1 Å². The SMILES string of the molecule is Cc1cc(C)c(Nc2ncc(C(=O)Nc3ccc(C)c(Cl)c3)cn2)c(C)c1. The van der Waals surface area contributed by atoms with Crippen LogP contribution in [-0.2, 0) is 0 Å². The predicted octanol–water partition coefficient (Wildman–Crippen LogP) is 5.36. The molecule has 27 heavy (non-hydrogen) atoms. The molecule has 0 saturated carbocycles. The van der Waals surface area contributed by atoms with Crippen LogP contribution in [0.25, 0.3) is 0 Å². The number of anilines is 3. The van der Waals surface area contributed by atoms with Crippen molar-refractivity contribution in [2.45, 2.75) is 27.7 Å². The number of benzene rings is 2. The van der Waals surface area contributed by atoms with E-state index in [2.05, 4.69) is 39.7 Å². The Morgan fingerprint density at radius 1 is 0.926 bits per heavy atom. The van der Waals surface area contributed by atoms with Crippen molar-refractivity contribution in [3.05, 3.63) is 75.6 Å². The van der Waals surface area contributed by atoms with E-state index in [0.29, 0.717) is 22.2 Å². The Kier molecular flexibility index (Phi) is 5.42. The molecule has 0 aliphatic heterocycles. The lowest BCUT2D eigenvalue weighted by Gasteiger charge is -2.13. The third-order valence-corrected chi connectivity index (χ3v) is 4.66.